The zero-order valence-corrected chi connectivity index (χ0v) is 11.6. The molecule has 0 bridgehead atoms. The first-order valence-corrected chi connectivity index (χ1v) is 6.79. The lowest BCUT2D eigenvalue weighted by atomic mass is 9.99. The number of aliphatic carboxylic acids is 1. The van der Waals surface area contributed by atoms with E-state index in [1.165, 1.54) is 0 Å². The number of carbonyl (C=O) groups excluding carboxylic acids is 1. The molecule has 7 heteroatoms. The highest BCUT2D eigenvalue weighted by Gasteiger charge is 2.27. The quantitative estimate of drug-likeness (QED) is 0.839. The fourth-order valence-corrected chi connectivity index (χ4v) is 2.39. The van der Waals surface area contributed by atoms with Crippen LogP contribution in [-0.4, -0.2) is 51.2 Å². The molecule has 2 rings (SSSR count). The van der Waals surface area contributed by atoms with Crippen LogP contribution in [0.25, 0.3) is 0 Å². The molecule has 110 valence electrons. The lowest BCUT2D eigenvalue weighted by molar-refractivity contribution is -0.143. The Labute approximate surface area is 117 Å². The van der Waals surface area contributed by atoms with E-state index in [-0.39, 0.29) is 6.03 Å². The molecule has 20 heavy (non-hydrogen) atoms. The number of likely N-dealkylation sites (tertiary alicyclic amines) is 1. The van der Waals surface area contributed by atoms with E-state index in [0.29, 0.717) is 32.5 Å². The number of aromatic nitrogens is 2. The molecule has 1 atom stereocenters. The van der Waals surface area contributed by atoms with E-state index in [4.69, 9.17) is 5.11 Å². The Balaban J connectivity index is 1.77. The van der Waals surface area contributed by atoms with Gasteiger partial charge in [-0.15, -0.1) is 0 Å². The number of amides is 2. The Morgan fingerprint density at radius 2 is 2.35 bits per heavy atom. The number of rotatable bonds is 4. The average Bonchev–Trinajstić information content (AvgIpc) is 2.84. The molecule has 2 heterocycles. The molecule has 0 spiro atoms. The third-order valence-corrected chi connectivity index (χ3v) is 3.60. The molecule has 1 aliphatic heterocycles. The smallest absolute Gasteiger partial charge is 0.317 e. The van der Waals surface area contributed by atoms with E-state index >= 15 is 0 Å². The van der Waals surface area contributed by atoms with Crippen LogP contribution in [0.5, 0.6) is 0 Å². The van der Waals surface area contributed by atoms with Gasteiger partial charge in [-0.05, 0) is 12.8 Å². The summed E-state index contributed by atoms with van der Waals surface area (Å²) in [6.45, 7) is 1.42. The molecule has 1 aromatic heterocycles. The summed E-state index contributed by atoms with van der Waals surface area (Å²) in [7, 11) is 1.91. The number of imidazole rings is 1. The van der Waals surface area contributed by atoms with Crippen molar-refractivity contribution in [2.24, 2.45) is 13.0 Å². The number of nitrogens with zero attached hydrogens (tertiary/aromatic N) is 3. The van der Waals surface area contributed by atoms with Gasteiger partial charge in [-0.25, -0.2) is 9.78 Å². The summed E-state index contributed by atoms with van der Waals surface area (Å²) >= 11 is 0. The van der Waals surface area contributed by atoms with Crippen molar-refractivity contribution in [3.8, 4) is 0 Å². The number of nitrogens with one attached hydrogen (secondary N) is 1. The van der Waals surface area contributed by atoms with E-state index in [1.807, 2.05) is 17.8 Å². The third-order valence-electron chi connectivity index (χ3n) is 3.60. The molecular weight excluding hydrogens is 260 g/mol. The minimum Gasteiger partial charge on any atom is -0.481 e. The summed E-state index contributed by atoms with van der Waals surface area (Å²) in [5.74, 6) is -0.355. The predicted octanol–water partition coefficient (Wildman–Crippen LogP) is 0.469. The summed E-state index contributed by atoms with van der Waals surface area (Å²) in [5, 5.41) is 11.8. The second-order valence-electron chi connectivity index (χ2n) is 5.06. The molecule has 1 aliphatic rings. The van der Waals surface area contributed by atoms with Gasteiger partial charge in [0.1, 0.15) is 5.82 Å². The highest BCUT2D eigenvalue weighted by atomic mass is 16.4. The lowest BCUT2D eigenvalue weighted by Gasteiger charge is -2.30. The molecule has 1 unspecified atom stereocenters. The fraction of sp³-hybridized carbons (Fsp3) is 0.615. The Morgan fingerprint density at radius 3 is 3.00 bits per heavy atom. The summed E-state index contributed by atoms with van der Waals surface area (Å²) in [6.07, 6.45) is 5.63. The van der Waals surface area contributed by atoms with Gasteiger partial charge in [0.2, 0.25) is 0 Å². The molecule has 0 aliphatic carbocycles. The highest BCUT2D eigenvalue weighted by Crippen LogP contribution is 2.16. The molecule has 1 fully saturated rings. The molecular formula is C13H20N4O3. The van der Waals surface area contributed by atoms with Crippen molar-refractivity contribution in [2.75, 3.05) is 19.6 Å². The van der Waals surface area contributed by atoms with Crippen molar-refractivity contribution in [1.29, 1.82) is 0 Å². The van der Waals surface area contributed by atoms with Gasteiger partial charge in [-0.3, -0.25) is 4.79 Å². The number of carboxylic acid groups (broad SMARTS) is 1. The zero-order valence-electron chi connectivity index (χ0n) is 11.6. The number of hydrogen-bond donors (Lipinski definition) is 2. The molecule has 2 amide bonds. The normalized spacial score (nSPS) is 18.9. The van der Waals surface area contributed by atoms with Gasteiger partial charge < -0.3 is 19.9 Å². The maximum absolute atomic E-state index is 12.0. The molecule has 2 N–H and O–H groups in total. The second-order valence-corrected chi connectivity index (χ2v) is 5.06. The van der Waals surface area contributed by atoms with E-state index in [0.717, 1.165) is 12.2 Å². The van der Waals surface area contributed by atoms with Crippen LogP contribution >= 0.6 is 0 Å². The van der Waals surface area contributed by atoms with Gasteiger partial charge in [0.15, 0.2) is 0 Å². The first-order chi connectivity index (χ1) is 9.58. The first-order valence-electron chi connectivity index (χ1n) is 6.79. The maximum atomic E-state index is 12.0. The Hall–Kier alpha value is -2.05. The van der Waals surface area contributed by atoms with Gasteiger partial charge in [-0.1, -0.05) is 0 Å². The number of aryl methyl sites for hydroxylation is 1. The minimum absolute atomic E-state index is 0.190. The Bertz CT molecular complexity index is 486. The molecule has 7 nitrogen and oxygen atoms in total. The number of urea groups is 1. The topological polar surface area (TPSA) is 87.5 Å². The number of piperidine rings is 1. The van der Waals surface area contributed by atoms with Crippen molar-refractivity contribution in [3.63, 3.8) is 0 Å². The molecule has 0 saturated carbocycles. The van der Waals surface area contributed by atoms with Gasteiger partial charge >= 0.3 is 12.0 Å². The molecule has 0 aromatic carbocycles. The Morgan fingerprint density at radius 1 is 1.55 bits per heavy atom. The minimum atomic E-state index is -0.824. The van der Waals surface area contributed by atoms with Gasteiger partial charge in [0.25, 0.3) is 0 Å². The summed E-state index contributed by atoms with van der Waals surface area (Å²) in [4.78, 5) is 28.7. The summed E-state index contributed by atoms with van der Waals surface area (Å²) in [5.41, 5.74) is 0. The molecule has 0 radical (unpaired) electrons. The monoisotopic (exact) mass is 280 g/mol. The van der Waals surface area contributed by atoms with Crippen LogP contribution in [0, 0.1) is 5.92 Å². The van der Waals surface area contributed by atoms with Crippen LogP contribution in [0.4, 0.5) is 4.79 Å². The van der Waals surface area contributed by atoms with Crippen LogP contribution < -0.4 is 5.32 Å². The largest absolute Gasteiger partial charge is 0.481 e. The predicted molar refractivity (Wildman–Crippen MR) is 72.2 cm³/mol. The van der Waals surface area contributed by atoms with Crippen molar-refractivity contribution in [1.82, 2.24) is 19.8 Å². The lowest BCUT2D eigenvalue weighted by Crippen LogP contribution is -2.47. The molecule has 1 saturated heterocycles. The van der Waals surface area contributed by atoms with Crippen molar-refractivity contribution < 1.29 is 14.7 Å². The fourth-order valence-electron chi connectivity index (χ4n) is 2.39. The summed E-state index contributed by atoms with van der Waals surface area (Å²) < 4.78 is 1.91. The number of carbonyl (C=O) groups is 2. The third kappa shape index (κ3) is 3.49. The SMILES string of the molecule is Cn1ccnc1CCNC(=O)N1CCCC(C(=O)O)C1. The van der Waals surface area contributed by atoms with Gasteiger partial charge in [0, 0.05) is 45.5 Å². The number of carboxylic acids is 1. The molecule has 1 aromatic rings. The van der Waals surface area contributed by atoms with Crippen LogP contribution in [-0.2, 0) is 18.3 Å². The standard InChI is InChI=1S/C13H20N4O3/c1-16-8-6-14-11(16)4-5-15-13(20)17-7-2-3-10(9-17)12(18)19/h6,8,10H,2-5,7,9H2,1H3,(H,15,20)(H,18,19). The van der Waals surface area contributed by atoms with E-state index < -0.39 is 11.9 Å². The van der Waals surface area contributed by atoms with Crippen LogP contribution in [0.1, 0.15) is 18.7 Å². The van der Waals surface area contributed by atoms with Crippen molar-refractivity contribution in [2.45, 2.75) is 19.3 Å². The summed E-state index contributed by atoms with van der Waals surface area (Å²) in [6, 6.07) is -0.190. The average molecular weight is 280 g/mol. The highest BCUT2D eigenvalue weighted by molar-refractivity contribution is 5.76. The number of hydrogen-bond acceptors (Lipinski definition) is 3. The zero-order chi connectivity index (χ0) is 14.5. The van der Waals surface area contributed by atoms with E-state index in [9.17, 15) is 9.59 Å². The van der Waals surface area contributed by atoms with Crippen LogP contribution in [0.2, 0.25) is 0 Å². The first kappa shape index (κ1) is 14.4. The van der Waals surface area contributed by atoms with Crippen LogP contribution in [0.15, 0.2) is 12.4 Å². The van der Waals surface area contributed by atoms with Crippen molar-refractivity contribution in [3.05, 3.63) is 18.2 Å². The van der Waals surface area contributed by atoms with Gasteiger partial charge in [0.05, 0.1) is 5.92 Å². The van der Waals surface area contributed by atoms with Gasteiger partial charge in [-0.2, -0.15) is 0 Å². The van der Waals surface area contributed by atoms with E-state index in [1.54, 1.807) is 11.1 Å². The Kier molecular flexibility index (Phi) is 4.60. The van der Waals surface area contributed by atoms with E-state index in [2.05, 4.69) is 10.3 Å². The van der Waals surface area contributed by atoms with Crippen LogP contribution in [0.3, 0.4) is 0 Å². The maximum Gasteiger partial charge on any atom is 0.317 e. The second kappa shape index (κ2) is 6.40. The van der Waals surface area contributed by atoms with Crippen molar-refractivity contribution >= 4 is 12.0 Å².